The zero-order valence-corrected chi connectivity index (χ0v) is 12.4. The van der Waals surface area contributed by atoms with Crippen molar-refractivity contribution in [3.63, 3.8) is 0 Å². The molecule has 0 saturated heterocycles. The minimum Gasteiger partial charge on any atom is -0.447 e. The highest BCUT2D eigenvalue weighted by Crippen LogP contribution is 2.28. The Kier molecular flexibility index (Phi) is 4.65. The Labute approximate surface area is 115 Å². The van der Waals surface area contributed by atoms with Crippen LogP contribution in [0, 0.1) is 5.92 Å². The second-order valence-corrected chi connectivity index (χ2v) is 7.06. The van der Waals surface area contributed by atoms with Crippen LogP contribution in [0.1, 0.15) is 31.9 Å². The molecule has 1 aromatic heterocycles. The molecule has 1 heterocycles. The van der Waals surface area contributed by atoms with Crippen molar-refractivity contribution in [2.45, 2.75) is 37.8 Å². The van der Waals surface area contributed by atoms with Gasteiger partial charge in [0, 0.05) is 13.6 Å². The molecule has 6 heteroatoms. The van der Waals surface area contributed by atoms with Gasteiger partial charge in [-0.2, -0.15) is 4.31 Å². The molecule has 0 spiro atoms. The Morgan fingerprint density at radius 3 is 2.74 bits per heavy atom. The Morgan fingerprint density at radius 1 is 1.42 bits per heavy atom. The zero-order valence-electron chi connectivity index (χ0n) is 11.6. The average molecular weight is 286 g/mol. The average Bonchev–Trinajstić information content (AvgIpc) is 2.80. The maximum absolute atomic E-state index is 12.3. The monoisotopic (exact) mass is 286 g/mol. The summed E-state index contributed by atoms with van der Waals surface area (Å²) in [5.74, 6) is 1.16. The van der Waals surface area contributed by atoms with Crippen LogP contribution in [-0.2, 0) is 16.6 Å². The number of sulfonamides is 1. The molecule has 0 radical (unpaired) electrons. The van der Waals surface area contributed by atoms with E-state index in [0.29, 0.717) is 24.8 Å². The fraction of sp³-hybridized carbons (Fsp3) is 0.692. The fourth-order valence-corrected chi connectivity index (χ4v) is 3.30. The quantitative estimate of drug-likeness (QED) is 0.830. The summed E-state index contributed by atoms with van der Waals surface area (Å²) in [6.45, 7) is 3.96. The number of rotatable bonds is 7. The molecule has 1 fully saturated rings. The first-order chi connectivity index (χ1) is 9.04. The molecule has 0 aromatic carbocycles. The van der Waals surface area contributed by atoms with E-state index in [1.54, 1.807) is 19.2 Å². The highest BCUT2D eigenvalue weighted by molar-refractivity contribution is 7.89. The minimum atomic E-state index is -3.48. The van der Waals surface area contributed by atoms with Crippen molar-refractivity contribution >= 4 is 10.0 Å². The van der Waals surface area contributed by atoms with E-state index in [9.17, 15) is 8.42 Å². The van der Waals surface area contributed by atoms with Gasteiger partial charge in [0.15, 0.2) is 0 Å². The van der Waals surface area contributed by atoms with Gasteiger partial charge in [0.05, 0.1) is 6.54 Å². The van der Waals surface area contributed by atoms with Crippen LogP contribution in [0.2, 0.25) is 0 Å². The Morgan fingerprint density at radius 2 is 2.16 bits per heavy atom. The molecule has 1 N–H and O–H groups in total. The van der Waals surface area contributed by atoms with Crippen molar-refractivity contribution in [2.75, 3.05) is 20.1 Å². The first kappa shape index (κ1) is 14.6. The minimum absolute atomic E-state index is 0.0437. The van der Waals surface area contributed by atoms with Crippen molar-refractivity contribution < 1.29 is 12.8 Å². The van der Waals surface area contributed by atoms with E-state index in [1.165, 1.54) is 10.7 Å². The largest absolute Gasteiger partial charge is 0.447 e. The molecule has 0 bridgehead atoms. The molecule has 108 valence electrons. The first-order valence-corrected chi connectivity index (χ1v) is 8.23. The van der Waals surface area contributed by atoms with Crippen LogP contribution in [0.5, 0.6) is 0 Å². The van der Waals surface area contributed by atoms with Crippen LogP contribution >= 0.6 is 0 Å². The van der Waals surface area contributed by atoms with Gasteiger partial charge in [0.25, 0.3) is 10.0 Å². The third-order valence-electron chi connectivity index (χ3n) is 3.59. The van der Waals surface area contributed by atoms with Gasteiger partial charge in [-0.05, 0) is 37.4 Å². The molecule has 0 amide bonds. The van der Waals surface area contributed by atoms with E-state index in [1.807, 2.05) is 6.92 Å². The van der Waals surface area contributed by atoms with E-state index >= 15 is 0 Å². The molecular formula is C13H22N2O3S. The molecular weight excluding hydrogens is 264 g/mol. The van der Waals surface area contributed by atoms with Gasteiger partial charge in [-0.3, -0.25) is 0 Å². The van der Waals surface area contributed by atoms with Crippen LogP contribution in [-0.4, -0.2) is 32.9 Å². The molecule has 1 saturated carbocycles. The molecule has 5 nitrogen and oxygen atoms in total. The standard InChI is InChI=1S/C13H22N2O3S/c1-3-14-9-12-7-8-13(18-12)19(16,17)15(2)10-11-5-4-6-11/h7-8,11,14H,3-6,9-10H2,1-2H3. The highest BCUT2D eigenvalue weighted by atomic mass is 32.2. The van der Waals surface area contributed by atoms with Crippen molar-refractivity contribution in [3.05, 3.63) is 17.9 Å². The number of nitrogens with one attached hydrogen (secondary N) is 1. The van der Waals surface area contributed by atoms with Gasteiger partial charge < -0.3 is 9.73 Å². The van der Waals surface area contributed by atoms with Gasteiger partial charge in [-0.25, -0.2) is 8.42 Å². The number of hydrogen-bond acceptors (Lipinski definition) is 4. The predicted molar refractivity (Wildman–Crippen MR) is 73.2 cm³/mol. The maximum Gasteiger partial charge on any atom is 0.276 e. The summed E-state index contributed by atoms with van der Waals surface area (Å²) in [4.78, 5) is 0. The summed E-state index contributed by atoms with van der Waals surface area (Å²) in [6.07, 6.45) is 3.47. The van der Waals surface area contributed by atoms with E-state index < -0.39 is 10.0 Å². The van der Waals surface area contributed by atoms with Crippen LogP contribution in [0.3, 0.4) is 0 Å². The van der Waals surface area contributed by atoms with Gasteiger partial charge in [-0.15, -0.1) is 0 Å². The lowest BCUT2D eigenvalue weighted by atomic mass is 9.86. The fourth-order valence-electron chi connectivity index (χ4n) is 2.13. The summed E-state index contributed by atoms with van der Waals surface area (Å²) in [7, 11) is -1.85. The lowest BCUT2D eigenvalue weighted by Gasteiger charge is -2.29. The van der Waals surface area contributed by atoms with Crippen molar-refractivity contribution in [1.82, 2.24) is 9.62 Å². The number of hydrogen-bond donors (Lipinski definition) is 1. The lowest BCUT2D eigenvalue weighted by molar-refractivity contribution is 0.259. The third kappa shape index (κ3) is 3.38. The number of furan rings is 1. The SMILES string of the molecule is CCNCc1ccc(S(=O)(=O)N(C)CC2CCC2)o1. The summed E-state index contributed by atoms with van der Waals surface area (Å²) in [5, 5.41) is 3.15. The molecule has 0 aliphatic heterocycles. The Hall–Kier alpha value is -0.850. The topological polar surface area (TPSA) is 62.6 Å². The van der Waals surface area contributed by atoms with Crippen LogP contribution < -0.4 is 5.32 Å². The molecule has 0 atom stereocenters. The van der Waals surface area contributed by atoms with E-state index in [2.05, 4.69) is 5.32 Å². The van der Waals surface area contributed by atoms with Gasteiger partial charge in [0.2, 0.25) is 5.09 Å². The van der Waals surface area contributed by atoms with Gasteiger partial charge >= 0.3 is 0 Å². The Balaban J connectivity index is 2.02. The smallest absolute Gasteiger partial charge is 0.276 e. The first-order valence-electron chi connectivity index (χ1n) is 6.79. The third-order valence-corrected chi connectivity index (χ3v) is 5.29. The van der Waals surface area contributed by atoms with Gasteiger partial charge in [0.1, 0.15) is 5.76 Å². The maximum atomic E-state index is 12.3. The predicted octanol–water partition coefficient (Wildman–Crippen LogP) is 1.81. The highest BCUT2D eigenvalue weighted by Gasteiger charge is 2.28. The molecule has 1 aliphatic carbocycles. The summed E-state index contributed by atoms with van der Waals surface area (Å²) in [6, 6.07) is 3.26. The molecule has 1 aliphatic rings. The molecule has 2 rings (SSSR count). The Bertz CT molecular complexity index is 506. The second kappa shape index (κ2) is 6.07. The summed E-state index contributed by atoms with van der Waals surface area (Å²) in [5.41, 5.74) is 0. The molecule has 19 heavy (non-hydrogen) atoms. The lowest BCUT2D eigenvalue weighted by Crippen LogP contribution is -2.34. The number of nitrogens with zero attached hydrogens (tertiary/aromatic N) is 1. The summed E-state index contributed by atoms with van der Waals surface area (Å²) >= 11 is 0. The van der Waals surface area contributed by atoms with Gasteiger partial charge in [-0.1, -0.05) is 13.3 Å². The zero-order chi connectivity index (χ0) is 13.9. The van der Waals surface area contributed by atoms with Crippen molar-refractivity contribution in [1.29, 1.82) is 0 Å². The normalized spacial score (nSPS) is 16.8. The van der Waals surface area contributed by atoms with E-state index in [4.69, 9.17) is 4.42 Å². The van der Waals surface area contributed by atoms with E-state index in [-0.39, 0.29) is 5.09 Å². The van der Waals surface area contributed by atoms with Crippen LogP contribution in [0.25, 0.3) is 0 Å². The summed E-state index contributed by atoms with van der Waals surface area (Å²) < 4.78 is 31.4. The molecule has 1 aromatic rings. The van der Waals surface area contributed by atoms with E-state index in [0.717, 1.165) is 19.4 Å². The van der Waals surface area contributed by atoms with Crippen LogP contribution in [0.4, 0.5) is 0 Å². The second-order valence-electron chi connectivity index (χ2n) is 5.08. The van der Waals surface area contributed by atoms with Crippen molar-refractivity contribution in [2.24, 2.45) is 5.92 Å². The molecule has 0 unspecified atom stereocenters. The van der Waals surface area contributed by atoms with Crippen molar-refractivity contribution in [3.8, 4) is 0 Å². The van der Waals surface area contributed by atoms with Crippen LogP contribution in [0.15, 0.2) is 21.6 Å².